The van der Waals surface area contributed by atoms with Gasteiger partial charge in [0.2, 0.25) is 11.8 Å². The summed E-state index contributed by atoms with van der Waals surface area (Å²) in [5, 5.41) is 6.80. The molecule has 0 saturated carbocycles. The maximum atomic E-state index is 14.0. The summed E-state index contributed by atoms with van der Waals surface area (Å²) in [6, 6.07) is 4.99. The van der Waals surface area contributed by atoms with Crippen molar-refractivity contribution in [3.05, 3.63) is 46.9 Å². The fraction of sp³-hybridized carbons (Fsp3) is 0.500. The third-order valence-corrected chi connectivity index (χ3v) is 4.59. The van der Waals surface area contributed by atoms with Crippen LogP contribution >= 0.6 is 0 Å². The lowest BCUT2D eigenvalue weighted by atomic mass is 9.80. The molecule has 1 aromatic carbocycles. The number of benzene rings is 1. The van der Waals surface area contributed by atoms with Gasteiger partial charge < -0.3 is 9.84 Å². The molecule has 24 heavy (non-hydrogen) atoms. The molecule has 6 heteroatoms. The van der Waals surface area contributed by atoms with Crippen LogP contribution in [0.25, 0.3) is 0 Å². The van der Waals surface area contributed by atoms with Gasteiger partial charge >= 0.3 is 0 Å². The van der Waals surface area contributed by atoms with Crippen molar-refractivity contribution in [1.82, 2.24) is 15.5 Å². The van der Waals surface area contributed by atoms with E-state index in [9.17, 15) is 9.18 Å². The first-order chi connectivity index (χ1) is 11.5. The van der Waals surface area contributed by atoms with E-state index in [0.717, 1.165) is 24.0 Å². The molecule has 0 saturated heterocycles. The Morgan fingerprint density at radius 2 is 2.29 bits per heavy atom. The molecule has 1 N–H and O–H groups in total. The molecular weight excluding hydrogens is 309 g/mol. The quantitative estimate of drug-likeness (QED) is 0.913. The Balaban J connectivity index is 1.59. The molecule has 0 aliphatic heterocycles. The van der Waals surface area contributed by atoms with Crippen LogP contribution in [0.15, 0.2) is 22.7 Å². The van der Waals surface area contributed by atoms with Crippen molar-refractivity contribution in [3.63, 3.8) is 0 Å². The van der Waals surface area contributed by atoms with Gasteiger partial charge in [0.05, 0.1) is 6.04 Å². The Morgan fingerprint density at radius 1 is 1.46 bits per heavy atom. The van der Waals surface area contributed by atoms with Gasteiger partial charge in [0.15, 0.2) is 5.82 Å². The molecule has 128 valence electrons. The number of hydrogen-bond acceptors (Lipinski definition) is 4. The molecule has 1 heterocycles. The highest BCUT2D eigenvalue weighted by molar-refractivity contribution is 5.76. The van der Waals surface area contributed by atoms with Crippen molar-refractivity contribution in [3.8, 4) is 0 Å². The summed E-state index contributed by atoms with van der Waals surface area (Å²) in [7, 11) is 0. The van der Waals surface area contributed by atoms with E-state index in [1.165, 1.54) is 6.07 Å². The Morgan fingerprint density at radius 3 is 3.04 bits per heavy atom. The highest BCUT2D eigenvalue weighted by Crippen LogP contribution is 2.35. The van der Waals surface area contributed by atoms with Gasteiger partial charge in [-0.05, 0) is 49.3 Å². The Labute approximate surface area is 140 Å². The average Bonchev–Trinajstić information content (AvgIpc) is 2.96. The molecule has 1 aliphatic rings. The second kappa shape index (κ2) is 7.11. The number of aryl methyl sites for hydroxylation is 2. The second-order valence-electron chi connectivity index (χ2n) is 6.46. The monoisotopic (exact) mass is 331 g/mol. The largest absolute Gasteiger partial charge is 0.349 e. The highest BCUT2D eigenvalue weighted by atomic mass is 19.1. The number of nitrogens with zero attached hydrogens (tertiary/aromatic N) is 2. The topological polar surface area (TPSA) is 68.0 Å². The van der Waals surface area contributed by atoms with E-state index in [1.54, 1.807) is 13.0 Å². The third kappa shape index (κ3) is 3.63. The average molecular weight is 331 g/mol. The van der Waals surface area contributed by atoms with Crippen molar-refractivity contribution in [2.75, 3.05) is 0 Å². The van der Waals surface area contributed by atoms with Gasteiger partial charge in [-0.2, -0.15) is 4.98 Å². The van der Waals surface area contributed by atoms with Crippen molar-refractivity contribution in [2.45, 2.75) is 52.0 Å². The first-order valence-corrected chi connectivity index (χ1v) is 8.40. The van der Waals surface area contributed by atoms with Gasteiger partial charge in [0.25, 0.3) is 0 Å². The molecular formula is C18H22FN3O2. The minimum Gasteiger partial charge on any atom is -0.349 e. The van der Waals surface area contributed by atoms with Crippen LogP contribution in [0, 0.1) is 18.7 Å². The van der Waals surface area contributed by atoms with E-state index in [4.69, 9.17) is 4.52 Å². The molecule has 5 nitrogen and oxygen atoms in total. The first kappa shape index (κ1) is 16.6. The molecule has 3 rings (SSSR count). The molecule has 0 radical (unpaired) electrons. The number of rotatable bonds is 5. The fourth-order valence-corrected chi connectivity index (χ4v) is 3.28. The van der Waals surface area contributed by atoms with Gasteiger partial charge in [-0.3, -0.25) is 4.79 Å². The fourth-order valence-electron chi connectivity index (χ4n) is 3.28. The van der Waals surface area contributed by atoms with Crippen LogP contribution in [0.4, 0.5) is 4.39 Å². The zero-order chi connectivity index (χ0) is 17.1. The van der Waals surface area contributed by atoms with E-state index >= 15 is 0 Å². The number of hydrogen-bond donors (Lipinski definition) is 1. The number of fused-ring (bicyclic) bond motifs is 1. The van der Waals surface area contributed by atoms with Crippen LogP contribution in [-0.2, 0) is 17.6 Å². The Bertz CT molecular complexity index is 729. The van der Waals surface area contributed by atoms with Crippen molar-refractivity contribution in [2.24, 2.45) is 5.92 Å². The van der Waals surface area contributed by atoms with Crippen molar-refractivity contribution in [1.29, 1.82) is 0 Å². The molecule has 2 aromatic rings. The van der Waals surface area contributed by atoms with Crippen molar-refractivity contribution < 1.29 is 13.7 Å². The molecule has 2 unspecified atom stereocenters. The van der Waals surface area contributed by atoms with E-state index < -0.39 is 0 Å². The number of halogens is 1. The van der Waals surface area contributed by atoms with E-state index in [2.05, 4.69) is 22.4 Å². The predicted molar refractivity (Wildman–Crippen MR) is 86.7 cm³/mol. The van der Waals surface area contributed by atoms with Crippen LogP contribution in [0.1, 0.15) is 55.1 Å². The van der Waals surface area contributed by atoms with E-state index in [1.807, 2.05) is 6.07 Å². The molecule has 0 fully saturated rings. The Hall–Kier alpha value is -2.24. The third-order valence-electron chi connectivity index (χ3n) is 4.59. The minimum atomic E-state index is -0.176. The van der Waals surface area contributed by atoms with Crippen LogP contribution in [-0.4, -0.2) is 16.0 Å². The van der Waals surface area contributed by atoms with E-state index in [0.29, 0.717) is 36.9 Å². The summed E-state index contributed by atoms with van der Waals surface area (Å²) in [5.74, 6) is 1.25. The number of carbonyl (C=O) groups excluding carboxylic acids is 1. The van der Waals surface area contributed by atoms with Gasteiger partial charge in [0.1, 0.15) is 5.82 Å². The van der Waals surface area contributed by atoms with Crippen LogP contribution in [0.3, 0.4) is 0 Å². The number of carbonyl (C=O) groups is 1. The summed E-state index contributed by atoms with van der Waals surface area (Å²) in [5.41, 5.74) is 1.65. The number of nitrogens with one attached hydrogen (secondary N) is 1. The zero-order valence-corrected chi connectivity index (χ0v) is 14.0. The highest BCUT2D eigenvalue weighted by Gasteiger charge is 2.29. The lowest BCUT2D eigenvalue weighted by Gasteiger charge is -2.32. The SMILES string of the molecule is Cc1noc(CCCC(=O)NC2c3cccc(F)c3CCC2C)n1. The van der Waals surface area contributed by atoms with Gasteiger partial charge in [-0.1, -0.05) is 24.2 Å². The first-order valence-electron chi connectivity index (χ1n) is 8.40. The maximum absolute atomic E-state index is 14.0. The van der Waals surface area contributed by atoms with Crippen LogP contribution in [0.2, 0.25) is 0 Å². The molecule has 0 spiro atoms. The van der Waals surface area contributed by atoms with Gasteiger partial charge in [-0.25, -0.2) is 4.39 Å². The second-order valence-corrected chi connectivity index (χ2v) is 6.46. The maximum Gasteiger partial charge on any atom is 0.226 e. The van der Waals surface area contributed by atoms with Crippen LogP contribution < -0.4 is 5.32 Å². The lowest BCUT2D eigenvalue weighted by Crippen LogP contribution is -2.35. The zero-order valence-electron chi connectivity index (χ0n) is 14.0. The molecule has 0 bridgehead atoms. The molecule has 1 aromatic heterocycles. The standard InChI is InChI=1S/C18H22FN3O2/c1-11-9-10-13-14(5-3-6-15(13)19)18(11)21-16(23)7-4-8-17-20-12(2)22-24-17/h3,5-6,11,18H,4,7-10H2,1-2H3,(H,21,23). The van der Waals surface area contributed by atoms with Gasteiger partial charge in [-0.15, -0.1) is 0 Å². The molecule has 2 atom stereocenters. The normalized spacial score (nSPS) is 19.8. The smallest absolute Gasteiger partial charge is 0.226 e. The summed E-state index contributed by atoms with van der Waals surface area (Å²) >= 11 is 0. The number of amides is 1. The van der Waals surface area contributed by atoms with E-state index in [-0.39, 0.29) is 17.8 Å². The van der Waals surface area contributed by atoms with Crippen molar-refractivity contribution >= 4 is 5.91 Å². The molecule has 1 amide bonds. The minimum absolute atomic E-state index is 0.0276. The van der Waals surface area contributed by atoms with Gasteiger partial charge in [0, 0.05) is 12.8 Å². The van der Waals surface area contributed by atoms with Crippen LogP contribution in [0.5, 0.6) is 0 Å². The lowest BCUT2D eigenvalue weighted by molar-refractivity contribution is -0.122. The summed E-state index contributed by atoms with van der Waals surface area (Å²) < 4.78 is 19.0. The predicted octanol–water partition coefficient (Wildman–Crippen LogP) is 3.28. The summed E-state index contributed by atoms with van der Waals surface area (Å²) in [6.07, 6.45) is 3.21. The summed E-state index contributed by atoms with van der Waals surface area (Å²) in [6.45, 7) is 3.86. The number of aromatic nitrogens is 2. The summed E-state index contributed by atoms with van der Waals surface area (Å²) in [4.78, 5) is 16.4. The molecule has 1 aliphatic carbocycles. The Kier molecular flexibility index (Phi) is 4.92.